The molecule has 3 aromatic rings. The van der Waals surface area contributed by atoms with Crippen molar-refractivity contribution < 1.29 is 4.42 Å². The van der Waals surface area contributed by atoms with Crippen molar-refractivity contribution in [2.45, 2.75) is 0 Å². The second-order valence-corrected chi connectivity index (χ2v) is 4.23. The number of aromatic nitrogens is 2. The monoisotopic (exact) mass is 270 g/mol. The third kappa shape index (κ3) is 1.72. The van der Waals surface area contributed by atoms with Crippen molar-refractivity contribution in [2.24, 2.45) is 0 Å². The third-order valence-corrected chi connectivity index (χ3v) is 2.97. The van der Waals surface area contributed by atoms with E-state index < -0.39 is 11.2 Å². The molecule has 7 heteroatoms. The van der Waals surface area contributed by atoms with E-state index in [4.69, 9.17) is 15.6 Å². The number of hydrogen-bond acceptors (Lipinski definition) is 5. The normalized spacial score (nSPS) is 10.8. The summed E-state index contributed by atoms with van der Waals surface area (Å²) in [7, 11) is 0. The highest BCUT2D eigenvalue weighted by atomic mass is 16.4. The zero-order chi connectivity index (χ0) is 14.3. The average Bonchev–Trinajstić information content (AvgIpc) is 2.76. The van der Waals surface area contributed by atoms with E-state index in [1.807, 2.05) is 0 Å². The Balaban J connectivity index is 2.25. The van der Waals surface area contributed by atoms with Crippen LogP contribution in [0, 0.1) is 5.41 Å². The SMILES string of the molecule is N=C(c1c(N)[nH][nH]c1=O)c1cc2ccccc2oc1=O. The second kappa shape index (κ2) is 4.23. The zero-order valence-corrected chi connectivity index (χ0v) is 10.2. The van der Waals surface area contributed by atoms with Gasteiger partial charge >= 0.3 is 5.63 Å². The first kappa shape index (κ1) is 12.0. The number of hydrogen-bond donors (Lipinski definition) is 4. The number of fused-ring (bicyclic) bond motifs is 1. The number of nitrogens with one attached hydrogen (secondary N) is 3. The summed E-state index contributed by atoms with van der Waals surface area (Å²) < 4.78 is 5.13. The van der Waals surface area contributed by atoms with E-state index in [2.05, 4.69) is 10.2 Å². The lowest BCUT2D eigenvalue weighted by Gasteiger charge is -2.02. The van der Waals surface area contributed by atoms with Gasteiger partial charge in [0.2, 0.25) is 0 Å². The van der Waals surface area contributed by atoms with E-state index >= 15 is 0 Å². The number of nitrogen functional groups attached to an aromatic ring is 1. The molecule has 0 atom stereocenters. The predicted molar refractivity (Wildman–Crippen MR) is 74.2 cm³/mol. The van der Waals surface area contributed by atoms with E-state index in [0.29, 0.717) is 11.0 Å². The van der Waals surface area contributed by atoms with E-state index in [-0.39, 0.29) is 22.7 Å². The number of rotatable bonds is 2. The third-order valence-electron chi connectivity index (χ3n) is 2.97. The first-order chi connectivity index (χ1) is 9.58. The maximum Gasteiger partial charge on any atom is 0.345 e. The topological polar surface area (TPSA) is 129 Å². The second-order valence-electron chi connectivity index (χ2n) is 4.23. The van der Waals surface area contributed by atoms with Gasteiger partial charge in [-0.25, -0.2) is 4.79 Å². The molecule has 0 saturated heterocycles. The lowest BCUT2D eigenvalue weighted by atomic mass is 10.1. The van der Waals surface area contributed by atoms with Gasteiger partial charge in [-0.3, -0.25) is 20.4 Å². The molecule has 0 spiro atoms. The van der Waals surface area contributed by atoms with E-state index in [9.17, 15) is 9.59 Å². The van der Waals surface area contributed by atoms with Crippen LogP contribution in [0.15, 0.2) is 44.3 Å². The van der Waals surface area contributed by atoms with Gasteiger partial charge in [0.15, 0.2) is 0 Å². The Hall–Kier alpha value is -3.09. The molecular formula is C13H10N4O3. The van der Waals surface area contributed by atoms with Crippen molar-refractivity contribution in [1.82, 2.24) is 10.2 Å². The minimum absolute atomic E-state index is 0.00700. The summed E-state index contributed by atoms with van der Waals surface area (Å²) in [6, 6.07) is 8.44. The van der Waals surface area contributed by atoms with Crippen LogP contribution in [0.4, 0.5) is 5.82 Å². The van der Waals surface area contributed by atoms with Gasteiger partial charge in [-0.15, -0.1) is 0 Å². The van der Waals surface area contributed by atoms with E-state index in [1.54, 1.807) is 24.3 Å². The van der Waals surface area contributed by atoms with E-state index in [0.717, 1.165) is 0 Å². The molecule has 20 heavy (non-hydrogen) atoms. The summed E-state index contributed by atoms with van der Waals surface area (Å²) in [4.78, 5) is 23.5. The number of H-pyrrole nitrogens is 2. The van der Waals surface area contributed by atoms with Crippen molar-refractivity contribution in [1.29, 1.82) is 5.41 Å². The fraction of sp³-hybridized carbons (Fsp3) is 0. The Bertz CT molecular complexity index is 932. The Morgan fingerprint density at radius 2 is 1.95 bits per heavy atom. The Morgan fingerprint density at radius 1 is 1.20 bits per heavy atom. The number of benzene rings is 1. The quantitative estimate of drug-likeness (QED) is 0.405. The van der Waals surface area contributed by atoms with Crippen LogP contribution in [-0.4, -0.2) is 15.9 Å². The number of anilines is 1. The van der Waals surface area contributed by atoms with Crippen LogP contribution in [0.5, 0.6) is 0 Å². The molecule has 0 aliphatic heterocycles. The van der Waals surface area contributed by atoms with Crippen molar-refractivity contribution in [3.05, 3.63) is 62.2 Å². The van der Waals surface area contributed by atoms with E-state index in [1.165, 1.54) is 6.07 Å². The highest BCUT2D eigenvalue weighted by Gasteiger charge is 2.18. The Morgan fingerprint density at radius 3 is 2.65 bits per heavy atom. The largest absolute Gasteiger partial charge is 0.422 e. The fourth-order valence-electron chi connectivity index (χ4n) is 1.99. The summed E-state index contributed by atoms with van der Waals surface area (Å²) >= 11 is 0. The summed E-state index contributed by atoms with van der Waals surface area (Å²) in [6.45, 7) is 0. The molecule has 0 radical (unpaired) electrons. The van der Waals surface area contributed by atoms with Crippen molar-refractivity contribution in [2.75, 3.05) is 5.73 Å². The molecule has 1 aromatic carbocycles. The Kier molecular flexibility index (Phi) is 2.53. The van der Waals surface area contributed by atoms with Crippen LogP contribution < -0.4 is 16.9 Å². The molecule has 3 rings (SSSR count). The maximum atomic E-state index is 11.9. The van der Waals surface area contributed by atoms with Gasteiger partial charge in [-0.1, -0.05) is 18.2 Å². The molecule has 0 aliphatic rings. The molecule has 0 bridgehead atoms. The van der Waals surface area contributed by atoms with Crippen molar-refractivity contribution in [3.63, 3.8) is 0 Å². The molecule has 0 unspecified atom stereocenters. The molecule has 7 nitrogen and oxygen atoms in total. The molecule has 5 N–H and O–H groups in total. The van der Waals surface area contributed by atoms with Crippen LogP contribution in [0.3, 0.4) is 0 Å². The van der Waals surface area contributed by atoms with Crippen LogP contribution in [-0.2, 0) is 0 Å². The molecule has 0 aliphatic carbocycles. The molecule has 0 fully saturated rings. The average molecular weight is 270 g/mol. The molecule has 2 heterocycles. The molecular weight excluding hydrogens is 260 g/mol. The zero-order valence-electron chi connectivity index (χ0n) is 10.2. The summed E-state index contributed by atoms with van der Waals surface area (Å²) in [6.07, 6.45) is 0. The van der Waals surface area contributed by atoms with Crippen LogP contribution in [0.1, 0.15) is 11.1 Å². The first-order valence-electron chi connectivity index (χ1n) is 5.76. The maximum absolute atomic E-state index is 11.9. The molecule has 100 valence electrons. The van der Waals surface area contributed by atoms with Gasteiger partial charge < -0.3 is 10.2 Å². The summed E-state index contributed by atoms with van der Waals surface area (Å²) in [5.74, 6) is 0.00700. The van der Waals surface area contributed by atoms with Crippen LogP contribution in [0.2, 0.25) is 0 Å². The van der Waals surface area contributed by atoms with Gasteiger partial charge in [-0.05, 0) is 12.1 Å². The minimum atomic E-state index is -0.686. The van der Waals surface area contributed by atoms with Gasteiger partial charge in [0.05, 0.1) is 11.3 Å². The number of para-hydroxylation sites is 1. The standard InChI is InChI=1S/C13H10N4O3/c14-10(9-11(15)16-17-12(9)18)7-5-6-3-1-2-4-8(6)20-13(7)19/h1-5,14H,(H4,15,16,17,18). The van der Waals surface area contributed by atoms with Gasteiger partial charge in [0.25, 0.3) is 5.56 Å². The summed E-state index contributed by atoms with van der Waals surface area (Å²) in [5, 5.41) is 13.3. The number of nitrogens with two attached hydrogens (primary N) is 1. The number of aromatic amines is 2. The lowest BCUT2D eigenvalue weighted by molar-refractivity contribution is 0.559. The van der Waals surface area contributed by atoms with Crippen LogP contribution >= 0.6 is 0 Å². The molecule has 2 aromatic heterocycles. The highest BCUT2D eigenvalue weighted by Crippen LogP contribution is 2.15. The van der Waals surface area contributed by atoms with Gasteiger partial charge in [-0.2, -0.15) is 0 Å². The van der Waals surface area contributed by atoms with Crippen molar-refractivity contribution in [3.8, 4) is 0 Å². The summed E-state index contributed by atoms with van der Waals surface area (Å²) in [5.41, 5.74) is 4.40. The van der Waals surface area contributed by atoms with Crippen LogP contribution in [0.25, 0.3) is 11.0 Å². The Labute approximate surface area is 111 Å². The van der Waals surface area contributed by atoms with Gasteiger partial charge in [0, 0.05) is 5.39 Å². The molecule has 0 amide bonds. The van der Waals surface area contributed by atoms with Crippen molar-refractivity contribution >= 4 is 22.5 Å². The van der Waals surface area contributed by atoms with Gasteiger partial charge in [0.1, 0.15) is 17.0 Å². The molecule has 0 saturated carbocycles. The predicted octanol–water partition coefficient (Wildman–Crippen LogP) is 0.808. The first-order valence-corrected chi connectivity index (χ1v) is 5.76. The smallest absolute Gasteiger partial charge is 0.345 e. The highest BCUT2D eigenvalue weighted by molar-refractivity contribution is 6.13. The minimum Gasteiger partial charge on any atom is -0.422 e. The fourth-order valence-corrected chi connectivity index (χ4v) is 1.99. The lowest BCUT2D eigenvalue weighted by Crippen LogP contribution is -2.21.